The van der Waals surface area contributed by atoms with Crippen molar-refractivity contribution >= 4 is 17.7 Å². The molecule has 2 heterocycles. The van der Waals surface area contributed by atoms with E-state index in [1.807, 2.05) is 104 Å². The summed E-state index contributed by atoms with van der Waals surface area (Å²) in [6.07, 6.45) is 9.41. The molecule has 0 radical (unpaired) electrons. The van der Waals surface area contributed by atoms with Crippen LogP contribution in [0, 0.1) is 0 Å². The zero-order valence-corrected chi connectivity index (χ0v) is 18.7. The maximum Gasteiger partial charge on any atom is 0.334 e. The number of rotatable bonds is 7. The summed E-state index contributed by atoms with van der Waals surface area (Å²) in [5.74, 6) is -0.536. The summed E-state index contributed by atoms with van der Waals surface area (Å²) in [5, 5.41) is 10.0. The topological polar surface area (TPSA) is 62.7 Å². The Hall–Kier alpha value is -4.12. The molecule has 1 aromatic heterocycles. The third-order valence-corrected chi connectivity index (χ3v) is 5.63. The first-order valence-corrected chi connectivity index (χ1v) is 10.8. The third-order valence-electron chi connectivity index (χ3n) is 5.63. The van der Waals surface area contributed by atoms with Crippen molar-refractivity contribution in [2.24, 2.45) is 0 Å². The van der Waals surface area contributed by atoms with E-state index in [1.54, 1.807) is 12.4 Å². The van der Waals surface area contributed by atoms with E-state index < -0.39 is 5.97 Å². The number of allylic oxidation sites excluding steroid dienone is 3. The Labute approximate surface area is 194 Å². The average molecular weight is 439 g/mol. The summed E-state index contributed by atoms with van der Waals surface area (Å²) >= 11 is 0. The number of ether oxygens (including phenoxy) is 1. The van der Waals surface area contributed by atoms with E-state index in [0.717, 1.165) is 28.3 Å². The van der Waals surface area contributed by atoms with Crippen LogP contribution in [0.5, 0.6) is 5.75 Å². The Morgan fingerprint density at radius 3 is 2.48 bits per heavy atom. The van der Waals surface area contributed by atoms with Crippen LogP contribution in [0.1, 0.15) is 30.9 Å². The highest BCUT2D eigenvalue weighted by Gasteiger charge is 2.31. The monoisotopic (exact) mass is 438 g/mol. The maximum atomic E-state index is 12.2. The number of aromatic nitrogens is 1. The third kappa shape index (κ3) is 5.04. The molecule has 0 bridgehead atoms. The first kappa shape index (κ1) is 22.1. The van der Waals surface area contributed by atoms with E-state index in [4.69, 9.17) is 4.74 Å². The Balaban J connectivity index is 1.51. The van der Waals surface area contributed by atoms with Crippen molar-refractivity contribution in [2.75, 3.05) is 11.5 Å². The minimum Gasteiger partial charge on any atom is -0.490 e. The average Bonchev–Trinajstić information content (AvgIpc) is 2.83. The zero-order chi connectivity index (χ0) is 23.2. The Kier molecular flexibility index (Phi) is 6.69. The van der Waals surface area contributed by atoms with Crippen molar-refractivity contribution < 1.29 is 14.6 Å². The molecular weight excluding hydrogens is 412 g/mol. The molecule has 0 saturated heterocycles. The minimum atomic E-state index is -0.929. The molecule has 5 nitrogen and oxygen atoms in total. The molecule has 4 rings (SSSR count). The van der Waals surface area contributed by atoms with Crippen LogP contribution in [0.2, 0.25) is 0 Å². The molecule has 33 heavy (non-hydrogen) atoms. The second-order valence-electron chi connectivity index (χ2n) is 7.83. The molecule has 0 aliphatic carbocycles. The van der Waals surface area contributed by atoms with Gasteiger partial charge in [-0.05, 0) is 55.3 Å². The highest BCUT2D eigenvalue weighted by atomic mass is 16.5. The van der Waals surface area contributed by atoms with Crippen LogP contribution in [0.3, 0.4) is 0 Å². The Morgan fingerprint density at radius 2 is 1.82 bits per heavy atom. The van der Waals surface area contributed by atoms with Crippen molar-refractivity contribution in [3.05, 3.63) is 119 Å². The molecule has 1 unspecified atom stereocenters. The van der Waals surface area contributed by atoms with Gasteiger partial charge in [0, 0.05) is 23.5 Å². The van der Waals surface area contributed by atoms with Gasteiger partial charge in [-0.25, -0.2) is 4.79 Å². The van der Waals surface area contributed by atoms with E-state index in [9.17, 15) is 9.90 Å². The minimum absolute atomic E-state index is 0.345. The molecular formula is C28H26N2O3. The van der Waals surface area contributed by atoms with Crippen LogP contribution in [0.15, 0.2) is 108 Å². The highest BCUT2D eigenvalue weighted by Crippen LogP contribution is 2.39. The largest absolute Gasteiger partial charge is 0.490 e. The standard InChI is InChI=1S/C28H26N2O3/c1-20-18-26(27(28(31)32)21(2)30(20)24-11-6-16-29-19-24)23-12-14-25(15-13-23)33-17-7-10-22-8-4-3-5-9-22/h3-16,18-19,26H,17H2,1-2H3,(H,31,32). The fraction of sp³-hybridized carbons (Fsp3) is 0.143. The van der Waals surface area contributed by atoms with Gasteiger partial charge in [0.1, 0.15) is 12.4 Å². The van der Waals surface area contributed by atoms with Crippen LogP contribution in [0.25, 0.3) is 6.08 Å². The van der Waals surface area contributed by atoms with Gasteiger partial charge in [0.15, 0.2) is 0 Å². The van der Waals surface area contributed by atoms with Crippen LogP contribution in [-0.2, 0) is 4.79 Å². The van der Waals surface area contributed by atoms with Gasteiger partial charge in [0.05, 0.1) is 17.5 Å². The number of carbonyl (C=O) groups is 1. The molecule has 0 amide bonds. The number of carboxylic acid groups (broad SMARTS) is 1. The summed E-state index contributed by atoms with van der Waals surface area (Å²) in [7, 11) is 0. The zero-order valence-electron chi connectivity index (χ0n) is 18.7. The number of anilines is 1. The van der Waals surface area contributed by atoms with Gasteiger partial charge in [-0.3, -0.25) is 4.98 Å². The smallest absolute Gasteiger partial charge is 0.334 e. The second-order valence-corrected chi connectivity index (χ2v) is 7.83. The molecule has 0 fully saturated rings. The number of nitrogens with zero attached hydrogens (tertiary/aromatic N) is 2. The van der Waals surface area contributed by atoms with Crippen molar-refractivity contribution in [2.45, 2.75) is 19.8 Å². The molecule has 2 aromatic carbocycles. The van der Waals surface area contributed by atoms with Gasteiger partial charge >= 0.3 is 5.97 Å². The number of carboxylic acids is 1. The van der Waals surface area contributed by atoms with E-state index >= 15 is 0 Å². The summed E-state index contributed by atoms with van der Waals surface area (Å²) in [6.45, 7) is 4.28. The normalized spacial score (nSPS) is 16.1. The fourth-order valence-corrected chi connectivity index (χ4v) is 4.11. The molecule has 1 aliphatic rings. The maximum absolute atomic E-state index is 12.2. The van der Waals surface area contributed by atoms with Crippen LogP contribution >= 0.6 is 0 Å². The van der Waals surface area contributed by atoms with Gasteiger partial charge in [0.2, 0.25) is 0 Å². The van der Waals surface area contributed by atoms with E-state index in [-0.39, 0.29) is 5.92 Å². The van der Waals surface area contributed by atoms with Gasteiger partial charge in [-0.2, -0.15) is 0 Å². The number of pyridine rings is 1. The van der Waals surface area contributed by atoms with Crippen LogP contribution in [0.4, 0.5) is 5.69 Å². The van der Waals surface area contributed by atoms with Gasteiger partial charge in [0.25, 0.3) is 0 Å². The van der Waals surface area contributed by atoms with E-state index in [0.29, 0.717) is 17.9 Å². The lowest BCUT2D eigenvalue weighted by Gasteiger charge is -2.34. The quantitative estimate of drug-likeness (QED) is 0.487. The van der Waals surface area contributed by atoms with Crippen LogP contribution < -0.4 is 9.64 Å². The van der Waals surface area contributed by atoms with Crippen molar-refractivity contribution in [3.8, 4) is 5.75 Å². The second kappa shape index (κ2) is 10.0. The predicted octanol–water partition coefficient (Wildman–Crippen LogP) is 6.04. The number of hydrogen-bond donors (Lipinski definition) is 1. The molecule has 1 N–H and O–H groups in total. The molecule has 1 aliphatic heterocycles. The number of hydrogen-bond acceptors (Lipinski definition) is 4. The summed E-state index contributed by atoms with van der Waals surface area (Å²) in [4.78, 5) is 18.3. The lowest BCUT2D eigenvalue weighted by atomic mass is 9.86. The molecule has 1 atom stereocenters. The van der Waals surface area contributed by atoms with Gasteiger partial charge < -0.3 is 14.7 Å². The summed E-state index contributed by atoms with van der Waals surface area (Å²) in [6, 6.07) is 21.5. The first-order valence-electron chi connectivity index (χ1n) is 10.8. The van der Waals surface area contributed by atoms with Gasteiger partial charge in [-0.15, -0.1) is 0 Å². The lowest BCUT2D eigenvalue weighted by molar-refractivity contribution is -0.133. The SMILES string of the molecule is CC1=CC(c2ccc(OCC=Cc3ccccc3)cc2)C(C(=O)O)=C(C)N1c1cccnc1. The number of aliphatic carboxylic acids is 1. The molecule has 3 aromatic rings. The predicted molar refractivity (Wildman–Crippen MR) is 131 cm³/mol. The Bertz CT molecular complexity index is 1200. The lowest BCUT2D eigenvalue weighted by Crippen LogP contribution is -2.29. The highest BCUT2D eigenvalue weighted by molar-refractivity contribution is 5.92. The first-order chi connectivity index (χ1) is 16.0. The van der Waals surface area contributed by atoms with Crippen molar-refractivity contribution in [3.63, 3.8) is 0 Å². The van der Waals surface area contributed by atoms with Crippen molar-refractivity contribution in [1.82, 2.24) is 4.98 Å². The molecule has 5 heteroatoms. The van der Waals surface area contributed by atoms with Gasteiger partial charge in [-0.1, -0.05) is 54.6 Å². The molecule has 0 spiro atoms. The Morgan fingerprint density at radius 1 is 1.06 bits per heavy atom. The summed E-state index contributed by atoms with van der Waals surface area (Å²) in [5.41, 5.74) is 4.87. The van der Waals surface area contributed by atoms with E-state index in [1.165, 1.54) is 0 Å². The summed E-state index contributed by atoms with van der Waals surface area (Å²) < 4.78 is 5.82. The van der Waals surface area contributed by atoms with Crippen LogP contribution in [-0.4, -0.2) is 22.7 Å². The fourth-order valence-electron chi connectivity index (χ4n) is 4.11. The number of benzene rings is 2. The molecule has 166 valence electrons. The van der Waals surface area contributed by atoms with E-state index in [2.05, 4.69) is 4.98 Å². The molecule has 0 saturated carbocycles. The van der Waals surface area contributed by atoms with Crippen molar-refractivity contribution in [1.29, 1.82) is 0 Å².